The Morgan fingerprint density at radius 3 is 3.09 bits per heavy atom. The Kier molecular flexibility index (Phi) is 2.87. The summed E-state index contributed by atoms with van der Waals surface area (Å²) in [4.78, 5) is 3.90. The minimum atomic E-state index is 0.516. The average Bonchev–Trinajstić information content (AvgIpc) is 2.07. The molecule has 1 aromatic rings. The van der Waals surface area contributed by atoms with Crippen molar-refractivity contribution in [3.8, 4) is 12.3 Å². The number of hydrogen-bond donors (Lipinski definition) is 1. The van der Waals surface area contributed by atoms with Crippen LogP contribution in [-0.2, 0) is 0 Å². The highest BCUT2D eigenvalue weighted by Gasteiger charge is 1.89. The van der Waals surface area contributed by atoms with Crippen LogP contribution in [0.5, 0.6) is 0 Å². The van der Waals surface area contributed by atoms with Gasteiger partial charge < -0.3 is 5.32 Å². The predicted molar refractivity (Wildman–Crippen MR) is 41.8 cm³/mol. The fourth-order valence-corrected chi connectivity index (χ4v) is 0.575. The Morgan fingerprint density at radius 2 is 2.45 bits per heavy atom. The standard InChI is InChI=1S/C7H8N4/c1-2-3-4-8-7-9-5-6-10-11-7/h1,5-6H,3-4H2,(H,8,9,11). The predicted octanol–water partition coefficient (Wildman–Crippen LogP) is 0.307. The summed E-state index contributed by atoms with van der Waals surface area (Å²) < 4.78 is 0. The summed E-state index contributed by atoms with van der Waals surface area (Å²) in [6.07, 6.45) is 8.81. The van der Waals surface area contributed by atoms with Crippen LogP contribution in [0.3, 0.4) is 0 Å². The number of rotatable bonds is 3. The molecular weight excluding hydrogens is 140 g/mol. The van der Waals surface area contributed by atoms with E-state index in [1.54, 1.807) is 6.20 Å². The molecule has 0 saturated carbocycles. The van der Waals surface area contributed by atoms with E-state index in [2.05, 4.69) is 26.4 Å². The molecule has 0 aromatic carbocycles. The Hall–Kier alpha value is -1.63. The monoisotopic (exact) mass is 148 g/mol. The minimum absolute atomic E-state index is 0.516. The van der Waals surface area contributed by atoms with Gasteiger partial charge in [0.15, 0.2) is 0 Å². The van der Waals surface area contributed by atoms with Crippen LogP contribution in [0.25, 0.3) is 0 Å². The number of nitrogens with zero attached hydrogens (tertiary/aromatic N) is 3. The van der Waals surface area contributed by atoms with E-state index in [1.807, 2.05) is 0 Å². The number of hydrogen-bond acceptors (Lipinski definition) is 4. The fraction of sp³-hybridized carbons (Fsp3) is 0.286. The van der Waals surface area contributed by atoms with Gasteiger partial charge in [-0.05, 0) is 0 Å². The Morgan fingerprint density at radius 1 is 1.55 bits per heavy atom. The van der Waals surface area contributed by atoms with E-state index in [-0.39, 0.29) is 0 Å². The molecule has 0 aliphatic carbocycles. The summed E-state index contributed by atoms with van der Waals surface area (Å²) in [5.74, 6) is 3.02. The van der Waals surface area contributed by atoms with Crippen LogP contribution in [0.4, 0.5) is 5.95 Å². The Bertz CT molecular complexity index is 238. The lowest BCUT2D eigenvalue weighted by Gasteiger charge is -1.97. The largest absolute Gasteiger partial charge is 0.352 e. The quantitative estimate of drug-likeness (QED) is 0.495. The molecule has 4 heteroatoms. The molecule has 1 aromatic heterocycles. The third kappa shape index (κ3) is 2.63. The van der Waals surface area contributed by atoms with Crippen molar-refractivity contribution in [1.82, 2.24) is 15.2 Å². The van der Waals surface area contributed by atoms with Gasteiger partial charge >= 0.3 is 0 Å². The molecule has 0 radical (unpaired) electrons. The van der Waals surface area contributed by atoms with Crippen molar-refractivity contribution >= 4 is 5.95 Å². The van der Waals surface area contributed by atoms with E-state index in [0.29, 0.717) is 18.9 Å². The molecule has 0 saturated heterocycles. The van der Waals surface area contributed by atoms with Crippen LogP contribution in [0.1, 0.15) is 6.42 Å². The highest BCUT2D eigenvalue weighted by molar-refractivity contribution is 5.20. The van der Waals surface area contributed by atoms with Crippen LogP contribution in [-0.4, -0.2) is 21.7 Å². The Balaban J connectivity index is 2.35. The van der Waals surface area contributed by atoms with Crippen molar-refractivity contribution in [3.05, 3.63) is 12.4 Å². The van der Waals surface area contributed by atoms with Crippen molar-refractivity contribution in [2.24, 2.45) is 0 Å². The molecular formula is C7H8N4. The molecule has 0 fully saturated rings. The highest BCUT2D eigenvalue weighted by Crippen LogP contribution is 1.90. The molecule has 1 N–H and O–H groups in total. The van der Waals surface area contributed by atoms with E-state index in [9.17, 15) is 0 Å². The van der Waals surface area contributed by atoms with E-state index in [0.717, 1.165) is 0 Å². The zero-order chi connectivity index (χ0) is 7.94. The van der Waals surface area contributed by atoms with Gasteiger partial charge in [-0.1, -0.05) is 0 Å². The van der Waals surface area contributed by atoms with Crippen LogP contribution in [0.15, 0.2) is 12.4 Å². The maximum atomic E-state index is 5.05. The van der Waals surface area contributed by atoms with Gasteiger partial charge in [0.05, 0.1) is 12.4 Å². The lowest BCUT2D eigenvalue weighted by atomic mass is 10.4. The molecule has 11 heavy (non-hydrogen) atoms. The molecule has 56 valence electrons. The van der Waals surface area contributed by atoms with Gasteiger partial charge in [-0.25, -0.2) is 4.98 Å². The van der Waals surface area contributed by atoms with E-state index < -0.39 is 0 Å². The second-order valence-corrected chi connectivity index (χ2v) is 1.85. The maximum Gasteiger partial charge on any atom is 0.242 e. The van der Waals surface area contributed by atoms with Crippen molar-refractivity contribution in [2.75, 3.05) is 11.9 Å². The summed E-state index contributed by atoms with van der Waals surface area (Å²) >= 11 is 0. The lowest BCUT2D eigenvalue weighted by Crippen LogP contribution is -2.04. The number of anilines is 1. The first-order valence-electron chi connectivity index (χ1n) is 3.24. The van der Waals surface area contributed by atoms with Crippen LogP contribution in [0, 0.1) is 12.3 Å². The first-order chi connectivity index (χ1) is 5.43. The first kappa shape index (κ1) is 7.48. The molecule has 0 amide bonds. The lowest BCUT2D eigenvalue weighted by molar-refractivity contribution is 0.941. The van der Waals surface area contributed by atoms with E-state index in [4.69, 9.17) is 6.42 Å². The van der Waals surface area contributed by atoms with Crippen molar-refractivity contribution in [2.45, 2.75) is 6.42 Å². The molecule has 0 spiro atoms. The number of terminal acetylenes is 1. The second kappa shape index (κ2) is 4.23. The first-order valence-corrected chi connectivity index (χ1v) is 3.24. The molecule has 0 aliphatic rings. The second-order valence-electron chi connectivity index (χ2n) is 1.85. The van der Waals surface area contributed by atoms with E-state index in [1.165, 1.54) is 6.20 Å². The fourth-order valence-electron chi connectivity index (χ4n) is 0.575. The molecule has 0 aliphatic heterocycles. The number of aromatic nitrogens is 3. The molecule has 4 nitrogen and oxygen atoms in total. The van der Waals surface area contributed by atoms with Crippen molar-refractivity contribution in [1.29, 1.82) is 0 Å². The van der Waals surface area contributed by atoms with Crippen molar-refractivity contribution in [3.63, 3.8) is 0 Å². The third-order valence-corrected chi connectivity index (χ3v) is 1.04. The van der Waals surface area contributed by atoms with E-state index >= 15 is 0 Å². The maximum absolute atomic E-state index is 5.05. The smallest absolute Gasteiger partial charge is 0.242 e. The van der Waals surface area contributed by atoms with Crippen LogP contribution >= 0.6 is 0 Å². The van der Waals surface area contributed by atoms with Gasteiger partial charge in [-0.15, -0.1) is 17.4 Å². The zero-order valence-corrected chi connectivity index (χ0v) is 5.99. The molecule has 0 unspecified atom stereocenters. The summed E-state index contributed by atoms with van der Waals surface area (Å²) in [6.45, 7) is 0.683. The molecule has 0 atom stereocenters. The minimum Gasteiger partial charge on any atom is -0.352 e. The van der Waals surface area contributed by atoms with Gasteiger partial charge in [-0.2, -0.15) is 5.10 Å². The number of nitrogens with one attached hydrogen (secondary N) is 1. The molecule has 1 rings (SSSR count). The summed E-state index contributed by atoms with van der Waals surface area (Å²) in [5.41, 5.74) is 0. The summed E-state index contributed by atoms with van der Waals surface area (Å²) in [5, 5.41) is 10.3. The SMILES string of the molecule is C#CCCNc1nccnn1. The van der Waals surface area contributed by atoms with Crippen LogP contribution in [0.2, 0.25) is 0 Å². The average molecular weight is 148 g/mol. The Labute approximate surface area is 65.1 Å². The van der Waals surface area contributed by atoms with Crippen molar-refractivity contribution < 1.29 is 0 Å². The van der Waals surface area contributed by atoms with Gasteiger partial charge in [0, 0.05) is 13.0 Å². The normalized spacial score (nSPS) is 8.64. The van der Waals surface area contributed by atoms with Gasteiger partial charge in [-0.3, -0.25) is 0 Å². The summed E-state index contributed by atoms with van der Waals surface area (Å²) in [7, 11) is 0. The molecule has 0 bridgehead atoms. The summed E-state index contributed by atoms with van der Waals surface area (Å²) in [6, 6.07) is 0. The third-order valence-electron chi connectivity index (χ3n) is 1.04. The zero-order valence-electron chi connectivity index (χ0n) is 5.99. The molecule has 1 heterocycles. The van der Waals surface area contributed by atoms with Gasteiger partial charge in [0.2, 0.25) is 5.95 Å². The highest BCUT2D eigenvalue weighted by atomic mass is 15.2. The van der Waals surface area contributed by atoms with Gasteiger partial charge in [0.25, 0.3) is 0 Å². The topological polar surface area (TPSA) is 50.7 Å². The van der Waals surface area contributed by atoms with Crippen LogP contribution < -0.4 is 5.32 Å². The van der Waals surface area contributed by atoms with Gasteiger partial charge in [0.1, 0.15) is 0 Å².